The molecule has 33 heavy (non-hydrogen) atoms. The molecule has 0 N–H and O–H groups in total. The fourth-order valence-electron chi connectivity index (χ4n) is 3.89. The van der Waals surface area contributed by atoms with Crippen molar-refractivity contribution < 1.29 is 13.9 Å². The number of fused-ring (bicyclic) bond motifs is 1. The number of aryl methyl sites for hydroxylation is 2. The number of halogens is 1. The summed E-state index contributed by atoms with van der Waals surface area (Å²) in [6.45, 7) is 9.20. The second-order valence-electron chi connectivity index (χ2n) is 8.28. The van der Waals surface area contributed by atoms with Crippen LogP contribution in [-0.4, -0.2) is 60.9 Å². The summed E-state index contributed by atoms with van der Waals surface area (Å²) >= 11 is 3.18. The minimum Gasteiger partial charge on any atom is -0.379 e. The third kappa shape index (κ3) is 6.32. The molecule has 1 aliphatic rings. The fourth-order valence-corrected chi connectivity index (χ4v) is 5.89. The lowest BCUT2D eigenvalue weighted by Crippen LogP contribution is -2.39. The van der Waals surface area contributed by atoms with E-state index in [0.29, 0.717) is 18.7 Å². The molecular formula is C25H30FN3O2S2. The molecule has 1 saturated heterocycles. The van der Waals surface area contributed by atoms with Gasteiger partial charge in [0.1, 0.15) is 5.82 Å². The highest BCUT2D eigenvalue weighted by Crippen LogP contribution is 2.33. The van der Waals surface area contributed by atoms with Gasteiger partial charge in [-0.05, 0) is 55.7 Å². The van der Waals surface area contributed by atoms with Crippen LogP contribution >= 0.6 is 23.1 Å². The van der Waals surface area contributed by atoms with E-state index >= 15 is 0 Å². The molecule has 0 radical (unpaired) electrons. The Labute approximate surface area is 202 Å². The zero-order valence-electron chi connectivity index (χ0n) is 19.2. The van der Waals surface area contributed by atoms with Gasteiger partial charge < -0.3 is 4.74 Å². The number of anilines is 1. The van der Waals surface area contributed by atoms with Gasteiger partial charge in [-0.15, -0.1) is 11.8 Å². The van der Waals surface area contributed by atoms with Crippen LogP contribution in [0.15, 0.2) is 41.3 Å². The Morgan fingerprint density at radius 1 is 1.15 bits per heavy atom. The minimum atomic E-state index is -0.247. The number of thiazole rings is 1. The Balaban J connectivity index is 1.45. The van der Waals surface area contributed by atoms with E-state index in [1.54, 1.807) is 35.2 Å². The standard InChI is InChI=1S/C25H30FN3O2S2/c1-18-4-5-19(2)24-23(18)27-25(33-24)29(12-3-11-28-13-15-31-16-14-28)22(30)10-17-32-21-8-6-20(26)7-9-21/h4-9H,3,10-17H2,1-2H3. The number of amides is 1. The summed E-state index contributed by atoms with van der Waals surface area (Å²) in [5, 5.41) is 0.779. The zero-order valence-corrected chi connectivity index (χ0v) is 20.8. The van der Waals surface area contributed by atoms with Crippen LogP contribution in [0.5, 0.6) is 0 Å². The molecule has 0 bridgehead atoms. The summed E-state index contributed by atoms with van der Waals surface area (Å²) in [6.07, 6.45) is 1.30. The maximum atomic E-state index is 13.3. The number of carbonyl (C=O) groups is 1. The molecule has 0 spiro atoms. The number of rotatable bonds is 9. The maximum absolute atomic E-state index is 13.3. The number of aromatic nitrogens is 1. The van der Waals surface area contributed by atoms with Crippen molar-refractivity contribution in [3.63, 3.8) is 0 Å². The average Bonchev–Trinajstić information content (AvgIpc) is 3.27. The van der Waals surface area contributed by atoms with Crippen LogP contribution in [0.4, 0.5) is 9.52 Å². The molecule has 8 heteroatoms. The van der Waals surface area contributed by atoms with E-state index in [9.17, 15) is 9.18 Å². The van der Waals surface area contributed by atoms with Crippen molar-refractivity contribution in [1.29, 1.82) is 0 Å². The van der Waals surface area contributed by atoms with Crippen molar-refractivity contribution >= 4 is 44.4 Å². The SMILES string of the molecule is Cc1ccc(C)c2sc(N(CCCN3CCOCC3)C(=O)CCSc3ccc(F)cc3)nc12. The Hall–Kier alpha value is -2.00. The number of ether oxygens (including phenoxy) is 1. The van der Waals surface area contributed by atoms with Gasteiger partial charge in [-0.3, -0.25) is 14.6 Å². The maximum Gasteiger partial charge on any atom is 0.229 e. The topological polar surface area (TPSA) is 45.7 Å². The summed E-state index contributed by atoms with van der Waals surface area (Å²) in [4.78, 5) is 23.4. The van der Waals surface area contributed by atoms with Crippen LogP contribution in [0.1, 0.15) is 24.0 Å². The van der Waals surface area contributed by atoms with Crippen molar-refractivity contribution in [2.75, 3.05) is 50.0 Å². The van der Waals surface area contributed by atoms with Crippen molar-refractivity contribution in [3.05, 3.63) is 53.3 Å². The lowest BCUT2D eigenvalue weighted by atomic mass is 10.1. The van der Waals surface area contributed by atoms with Crippen molar-refractivity contribution in [1.82, 2.24) is 9.88 Å². The molecule has 0 aliphatic carbocycles. The molecule has 4 rings (SSSR count). The van der Waals surface area contributed by atoms with Gasteiger partial charge in [0.05, 0.1) is 23.4 Å². The van der Waals surface area contributed by atoms with Crippen molar-refractivity contribution in [2.24, 2.45) is 0 Å². The highest BCUT2D eigenvalue weighted by molar-refractivity contribution is 7.99. The van der Waals surface area contributed by atoms with Crippen molar-refractivity contribution in [2.45, 2.75) is 31.6 Å². The third-order valence-corrected chi connectivity index (χ3v) is 8.05. The molecule has 2 heterocycles. The Morgan fingerprint density at radius 2 is 1.88 bits per heavy atom. The smallest absolute Gasteiger partial charge is 0.229 e. The fraction of sp³-hybridized carbons (Fsp3) is 0.440. The average molecular weight is 488 g/mol. The Morgan fingerprint density at radius 3 is 2.61 bits per heavy atom. The summed E-state index contributed by atoms with van der Waals surface area (Å²) < 4.78 is 19.7. The number of thioether (sulfide) groups is 1. The molecule has 3 aromatic rings. The van der Waals surface area contributed by atoms with E-state index in [2.05, 4.69) is 30.9 Å². The Kier molecular flexibility index (Phi) is 8.35. The number of hydrogen-bond acceptors (Lipinski definition) is 6. The second kappa shape index (κ2) is 11.4. The number of nitrogens with zero attached hydrogens (tertiary/aromatic N) is 3. The summed E-state index contributed by atoms with van der Waals surface area (Å²) in [5.74, 6) is 0.483. The van der Waals surface area contributed by atoms with Gasteiger partial charge >= 0.3 is 0 Å². The van der Waals surface area contributed by atoms with E-state index in [1.807, 2.05) is 4.90 Å². The van der Waals surface area contributed by atoms with Gasteiger partial charge in [0.15, 0.2) is 5.13 Å². The number of hydrogen-bond donors (Lipinski definition) is 0. The summed E-state index contributed by atoms with van der Waals surface area (Å²) in [6, 6.07) is 10.6. The highest BCUT2D eigenvalue weighted by Gasteiger charge is 2.21. The number of carbonyl (C=O) groups excluding carboxylic acids is 1. The number of morpholine rings is 1. The van der Waals surface area contributed by atoms with E-state index in [-0.39, 0.29) is 11.7 Å². The lowest BCUT2D eigenvalue weighted by molar-refractivity contribution is -0.118. The van der Waals surface area contributed by atoms with Gasteiger partial charge in [-0.1, -0.05) is 23.5 Å². The molecule has 1 fully saturated rings. The van der Waals surface area contributed by atoms with E-state index in [4.69, 9.17) is 9.72 Å². The van der Waals surface area contributed by atoms with Gasteiger partial charge in [0.2, 0.25) is 5.91 Å². The van der Waals surface area contributed by atoms with Gasteiger partial charge in [-0.25, -0.2) is 9.37 Å². The molecular weight excluding hydrogens is 457 g/mol. The first-order valence-corrected chi connectivity index (χ1v) is 13.2. The summed E-state index contributed by atoms with van der Waals surface area (Å²) in [7, 11) is 0. The molecule has 1 aliphatic heterocycles. The largest absolute Gasteiger partial charge is 0.379 e. The lowest BCUT2D eigenvalue weighted by Gasteiger charge is -2.27. The molecule has 5 nitrogen and oxygen atoms in total. The Bertz CT molecular complexity index is 1040. The minimum absolute atomic E-state index is 0.0842. The summed E-state index contributed by atoms with van der Waals surface area (Å²) in [5.41, 5.74) is 3.30. The highest BCUT2D eigenvalue weighted by atomic mass is 32.2. The molecule has 0 unspecified atom stereocenters. The normalized spacial score (nSPS) is 14.6. The van der Waals surface area contributed by atoms with Crippen molar-refractivity contribution in [3.8, 4) is 0 Å². The molecule has 176 valence electrons. The number of benzene rings is 2. The van der Waals surface area contributed by atoms with E-state index < -0.39 is 0 Å². The van der Waals surface area contributed by atoms with Crippen LogP contribution < -0.4 is 4.90 Å². The first kappa shape index (κ1) is 24.1. The van der Waals surface area contributed by atoms with Gasteiger partial charge in [0.25, 0.3) is 0 Å². The van der Waals surface area contributed by atoms with Crippen LogP contribution in [0.3, 0.4) is 0 Å². The predicted octanol–water partition coefficient (Wildman–Crippen LogP) is 5.29. The molecule has 1 aromatic heterocycles. The van der Waals surface area contributed by atoms with Crippen LogP contribution in [0.2, 0.25) is 0 Å². The third-order valence-electron chi connectivity index (χ3n) is 5.82. The van der Waals surface area contributed by atoms with Crippen LogP contribution in [0.25, 0.3) is 10.2 Å². The predicted molar refractivity (Wildman–Crippen MR) is 135 cm³/mol. The first-order chi connectivity index (χ1) is 16.0. The molecule has 1 amide bonds. The monoisotopic (exact) mass is 487 g/mol. The van der Waals surface area contributed by atoms with Gasteiger partial charge in [-0.2, -0.15) is 0 Å². The molecule has 0 atom stereocenters. The van der Waals surface area contributed by atoms with Gasteiger partial charge in [0, 0.05) is 43.2 Å². The first-order valence-electron chi connectivity index (χ1n) is 11.4. The second-order valence-corrected chi connectivity index (χ2v) is 10.4. The van der Waals surface area contributed by atoms with E-state index in [1.165, 1.54) is 17.7 Å². The molecule has 2 aromatic carbocycles. The van der Waals surface area contributed by atoms with Crippen LogP contribution in [0, 0.1) is 19.7 Å². The van der Waals surface area contributed by atoms with E-state index in [0.717, 1.165) is 65.1 Å². The quantitative estimate of drug-likeness (QED) is 0.384. The zero-order chi connectivity index (χ0) is 23.2. The molecule has 0 saturated carbocycles. The van der Waals surface area contributed by atoms with Crippen LogP contribution in [-0.2, 0) is 9.53 Å².